The molecule has 2 aliphatic carbocycles. The van der Waals surface area contributed by atoms with Gasteiger partial charge in [-0.3, -0.25) is 18.7 Å². The zero-order chi connectivity index (χ0) is 28.6. The van der Waals surface area contributed by atoms with E-state index in [1.54, 1.807) is 11.7 Å². The number of ether oxygens (including phenoxy) is 1. The van der Waals surface area contributed by atoms with Crippen molar-refractivity contribution in [1.82, 2.24) is 19.4 Å². The highest BCUT2D eigenvalue weighted by Crippen LogP contribution is 2.42. The monoisotopic (exact) mass is 580 g/mol. The van der Waals surface area contributed by atoms with Gasteiger partial charge in [-0.1, -0.05) is 25.0 Å². The number of nitrogens with one attached hydrogen (secondary N) is 1. The molecule has 1 N–H and O–H groups in total. The first-order valence-corrected chi connectivity index (χ1v) is 15.9. The zero-order valence-electron chi connectivity index (χ0n) is 23.4. The molecule has 1 aliphatic heterocycles. The molecule has 0 atom stereocenters. The normalized spacial score (nSPS) is 23.0. The van der Waals surface area contributed by atoms with Gasteiger partial charge in [0.2, 0.25) is 5.91 Å². The van der Waals surface area contributed by atoms with Gasteiger partial charge in [-0.25, -0.2) is 14.2 Å². The molecule has 3 aromatic rings. The number of amides is 1. The highest BCUT2D eigenvalue weighted by molar-refractivity contribution is 7.99. The molecule has 218 valence electrons. The average Bonchev–Trinajstić information content (AvgIpc) is 3.51. The van der Waals surface area contributed by atoms with E-state index in [0.29, 0.717) is 25.7 Å². The van der Waals surface area contributed by atoms with Gasteiger partial charge >= 0.3 is 5.69 Å². The number of methoxy groups -OCH3 is 1. The van der Waals surface area contributed by atoms with E-state index >= 15 is 0 Å². The molecule has 6 rings (SSSR count). The number of fused-ring (bicyclic) bond motifs is 1. The summed E-state index contributed by atoms with van der Waals surface area (Å²) in [5.41, 5.74) is -0.0737. The Balaban J connectivity index is 1.23. The standard InChI is InChI=1S/C31H37FN4O4S/c1-40-25-10-4-20(5-11-25)31(14-2-3-15-31)29(38)34-22-6-8-23(9-7-22)36-28(37)26-18-21(32)19-33-27(26)35(30(36)39)24-12-16-41-17-13-24/h4-5,10-11,18-19,22-24H,2-3,6-9,12-17H2,1H3,(H,34,38)/t22-,23+. The van der Waals surface area contributed by atoms with Crippen LogP contribution in [0.25, 0.3) is 11.0 Å². The van der Waals surface area contributed by atoms with Crippen LogP contribution in [0.4, 0.5) is 4.39 Å². The van der Waals surface area contributed by atoms with Gasteiger partial charge < -0.3 is 10.1 Å². The van der Waals surface area contributed by atoms with Crippen LogP contribution in [-0.2, 0) is 10.2 Å². The maximum atomic E-state index is 14.2. The van der Waals surface area contributed by atoms with Crippen LogP contribution < -0.4 is 21.3 Å². The number of hydrogen-bond donors (Lipinski definition) is 1. The van der Waals surface area contributed by atoms with Gasteiger partial charge in [0.1, 0.15) is 17.2 Å². The molecule has 3 aliphatic rings. The number of benzene rings is 1. The van der Waals surface area contributed by atoms with Crippen molar-refractivity contribution >= 4 is 28.7 Å². The van der Waals surface area contributed by atoms with E-state index in [9.17, 15) is 18.8 Å². The molecule has 2 aromatic heterocycles. The summed E-state index contributed by atoms with van der Waals surface area (Å²) in [6.45, 7) is 0. The van der Waals surface area contributed by atoms with Crippen molar-refractivity contribution in [3.63, 3.8) is 0 Å². The van der Waals surface area contributed by atoms with E-state index in [1.165, 1.54) is 10.6 Å². The molecule has 0 radical (unpaired) electrons. The number of thioether (sulfide) groups is 1. The Kier molecular flexibility index (Phi) is 7.94. The van der Waals surface area contributed by atoms with Crippen LogP contribution >= 0.6 is 11.8 Å². The molecule has 3 heterocycles. The number of pyridine rings is 1. The van der Waals surface area contributed by atoms with Crippen molar-refractivity contribution in [2.24, 2.45) is 0 Å². The molecular formula is C31H37FN4O4S. The van der Waals surface area contributed by atoms with Crippen LogP contribution in [0.5, 0.6) is 5.75 Å². The topological polar surface area (TPSA) is 95.2 Å². The minimum atomic E-state index is -0.588. The van der Waals surface area contributed by atoms with Crippen LogP contribution in [0.15, 0.2) is 46.1 Å². The Labute approximate surface area is 242 Å². The number of rotatable bonds is 6. The van der Waals surface area contributed by atoms with Crippen LogP contribution in [0.3, 0.4) is 0 Å². The fourth-order valence-electron chi connectivity index (χ4n) is 7.14. The van der Waals surface area contributed by atoms with Gasteiger partial charge in [0.15, 0.2) is 0 Å². The second-order valence-electron chi connectivity index (χ2n) is 11.7. The van der Waals surface area contributed by atoms with Crippen LogP contribution in [0, 0.1) is 5.82 Å². The Morgan fingerprint density at radius 2 is 1.66 bits per heavy atom. The van der Waals surface area contributed by atoms with Gasteiger partial charge in [0.05, 0.1) is 24.1 Å². The third kappa shape index (κ3) is 5.19. The number of carbonyl (C=O) groups excluding carboxylic acids is 1. The molecular weight excluding hydrogens is 543 g/mol. The molecule has 0 spiro atoms. The van der Waals surface area contributed by atoms with Crippen LogP contribution in [0.1, 0.15) is 81.9 Å². The molecule has 1 saturated heterocycles. The molecule has 0 bridgehead atoms. The average molecular weight is 581 g/mol. The lowest BCUT2D eigenvalue weighted by atomic mass is 9.77. The summed E-state index contributed by atoms with van der Waals surface area (Å²) in [6.07, 6.45) is 8.87. The van der Waals surface area contributed by atoms with Crippen LogP contribution in [-0.4, -0.2) is 44.7 Å². The first-order chi connectivity index (χ1) is 19.9. The molecule has 0 unspecified atom stereocenters. The predicted octanol–water partition coefficient (Wildman–Crippen LogP) is 4.89. The number of aromatic nitrogens is 3. The van der Waals surface area contributed by atoms with Gasteiger partial charge in [-0.05, 0) is 86.6 Å². The largest absolute Gasteiger partial charge is 0.497 e. The summed E-state index contributed by atoms with van der Waals surface area (Å²) in [7, 11) is 1.63. The summed E-state index contributed by atoms with van der Waals surface area (Å²) in [5, 5.41) is 3.48. The van der Waals surface area contributed by atoms with Gasteiger partial charge in [0, 0.05) is 18.1 Å². The smallest absolute Gasteiger partial charge is 0.333 e. The van der Waals surface area contributed by atoms with E-state index in [4.69, 9.17) is 4.74 Å². The van der Waals surface area contributed by atoms with Gasteiger partial charge in [-0.15, -0.1) is 0 Å². The third-order valence-electron chi connectivity index (χ3n) is 9.41. The molecule has 10 heteroatoms. The van der Waals surface area contributed by atoms with E-state index in [2.05, 4.69) is 10.3 Å². The Morgan fingerprint density at radius 1 is 1.00 bits per heavy atom. The lowest BCUT2D eigenvalue weighted by Gasteiger charge is -2.35. The van der Waals surface area contributed by atoms with E-state index in [-0.39, 0.29) is 40.8 Å². The lowest BCUT2D eigenvalue weighted by molar-refractivity contribution is -0.127. The molecule has 3 fully saturated rings. The summed E-state index contributed by atoms with van der Waals surface area (Å²) >= 11 is 1.85. The fraction of sp³-hybridized carbons (Fsp3) is 0.548. The SMILES string of the molecule is COc1ccc(C2(C(=O)N[C@H]3CC[C@@H](n4c(=O)c5cc(F)cnc5n(C5CCSCC5)c4=O)CC3)CCCC2)cc1. The second kappa shape index (κ2) is 11.6. The van der Waals surface area contributed by atoms with Crippen molar-refractivity contribution in [1.29, 1.82) is 0 Å². The molecule has 1 amide bonds. The molecule has 41 heavy (non-hydrogen) atoms. The van der Waals surface area contributed by atoms with Crippen molar-refractivity contribution in [3.05, 3.63) is 68.7 Å². The van der Waals surface area contributed by atoms with E-state index < -0.39 is 16.8 Å². The first-order valence-electron chi connectivity index (χ1n) is 14.8. The maximum absolute atomic E-state index is 14.2. The summed E-state index contributed by atoms with van der Waals surface area (Å²) in [5.74, 6) is 2.11. The van der Waals surface area contributed by atoms with Crippen LogP contribution in [0.2, 0.25) is 0 Å². The van der Waals surface area contributed by atoms with Crippen molar-refractivity contribution in [2.75, 3.05) is 18.6 Å². The summed E-state index contributed by atoms with van der Waals surface area (Å²) in [6, 6.07) is 8.64. The first kappa shape index (κ1) is 28.0. The van der Waals surface area contributed by atoms with E-state index in [1.807, 2.05) is 36.0 Å². The Bertz CT molecular complexity index is 1530. The van der Waals surface area contributed by atoms with Gasteiger partial charge in [-0.2, -0.15) is 11.8 Å². The molecule has 8 nitrogen and oxygen atoms in total. The number of halogens is 1. The highest BCUT2D eigenvalue weighted by atomic mass is 32.2. The van der Waals surface area contributed by atoms with Gasteiger partial charge in [0.25, 0.3) is 5.56 Å². The number of carbonyl (C=O) groups is 1. The number of nitrogens with zero attached hydrogens (tertiary/aromatic N) is 3. The number of hydrogen-bond acceptors (Lipinski definition) is 6. The molecule has 2 saturated carbocycles. The van der Waals surface area contributed by atoms with Crippen molar-refractivity contribution in [3.8, 4) is 5.75 Å². The minimum absolute atomic E-state index is 0.0256. The Morgan fingerprint density at radius 3 is 2.32 bits per heavy atom. The molecule has 1 aromatic carbocycles. The highest BCUT2D eigenvalue weighted by Gasteiger charge is 2.43. The quantitative estimate of drug-likeness (QED) is 0.446. The predicted molar refractivity (Wildman–Crippen MR) is 158 cm³/mol. The fourth-order valence-corrected chi connectivity index (χ4v) is 8.22. The van der Waals surface area contributed by atoms with E-state index in [0.717, 1.165) is 67.5 Å². The minimum Gasteiger partial charge on any atom is -0.497 e. The third-order valence-corrected chi connectivity index (χ3v) is 10.5. The lowest BCUT2D eigenvalue weighted by Crippen LogP contribution is -2.49. The summed E-state index contributed by atoms with van der Waals surface area (Å²) in [4.78, 5) is 45.4. The zero-order valence-corrected chi connectivity index (χ0v) is 24.3. The Hall–Kier alpha value is -3.14. The maximum Gasteiger partial charge on any atom is 0.333 e. The van der Waals surface area contributed by atoms with Crippen molar-refractivity contribution in [2.45, 2.75) is 87.7 Å². The second-order valence-corrected chi connectivity index (χ2v) is 12.9. The van der Waals surface area contributed by atoms with Crippen molar-refractivity contribution < 1.29 is 13.9 Å². The summed E-state index contributed by atoms with van der Waals surface area (Å²) < 4.78 is 22.5.